The first-order valence-electron chi connectivity index (χ1n) is 7.18. The van der Waals surface area contributed by atoms with Gasteiger partial charge in [0.1, 0.15) is 6.61 Å². The van der Waals surface area contributed by atoms with Crippen LogP contribution in [0.15, 0.2) is 59.1 Å². The average molecular weight is 344 g/mol. The third kappa shape index (κ3) is 3.60. The minimum Gasteiger partial charge on any atom is -0.457 e. The van der Waals surface area contributed by atoms with E-state index in [-0.39, 0.29) is 18.6 Å². The molecule has 0 unspecified atom stereocenters. The molecule has 4 nitrogen and oxygen atoms in total. The minimum absolute atomic E-state index is 0.248. The second kappa shape index (κ2) is 6.93. The molecule has 0 amide bonds. The lowest BCUT2D eigenvalue weighted by Gasteiger charge is -2.28. The van der Waals surface area contributed by atoms with Crippen LogP contribution < -0.4 is 10.6 Å². The highest BCUT2D eigenvalue weighted by atomic mass is 32.1. The molecule has 0 bridgehead atoms. The number of thiophene rings is 1. The van der Waals surface area contributed by atoms with Crippen LogP contribution in [0.1, 0.15) is 23.4 Å². The monoisotopic (exact) mass is 344 g/mol. The van der Waals surface area contributed by atoms with Gasteiger partial charge in [0.2, 0.25) is 0 Å². The number of carbonyl (C=O) groups is 1. The van der Waals surface area contributed by atoms with Crippen molar-refractivity contribution in [2.75, 3.05) is 0 Å². The van der Waals surface area contributed by atoms with E-state index in [4.69, 9.17) is 17.0 Å². The summed E-state index contributed by atoms with van der Waals surface area (Å²) in [7, 11) is 0. The van der Waals surface area contributed by atoms with Gasteiger partial charge in [-0.05, 0) is 36.2 Å². The van der Waals surface area contributed by atoms with Gasteiger partial charge < -0.3 is 15.4 Å². The molecule has 1 aromatic heterocycles. The van der Waals surface area contributed by atoms with Gasteiger partial charge in [-0.2, -0.15) is 0 Å². The van der Waals surface area contributed by atoms with Crippen molar-refractivity contribution in [3.63, 3.8) is 0 Å². The standard InChI is InChI=1S/C17H16N2O2S2/c1-11-14(16(20)21-10-12-6-3-2-4-7-12)15(19-17(22)18-11)13-8-5-9-23-13/h2-9,15H,10H2,1H3,(H2,18,19,22)/t15-/m0/s1. The van der Waals surface area contributed by atoms with Crippen molar-refractivity contribution in [1.29, 1.82) is 0 Å². The summed E-state index contributed by atoms with van der Waals surface area (Å²) in [6, 6.07) is 13.3. The predicted molar refractivity (Wildman–Crippen MR) is 94.9 cm³/mol. The van der Waals surface area contributed by atoms with E-state index >= 15 is 0 Å². The number of nitrogens with one attached hydrogen (secondary N) is 2. The second-order valence-electron chi connectivity index (χ2n) is 5.15. The van der Waals surface area contributed by atoms with Crippen molar-refractivity contribution in [2.24, 2.45) is 0 Å². The van der Waals surface area contributed by atoms with Crippen molar-refractivity contribution >= 4 is 34.6 Å². The molecule has 0 radical (unpaired) electrons. The lowest BCUT2D eigenvalue weighted by molar-refractivity contribution is -0.140. The number of thiocarbonyl (C=S) groups is 1. The SMILES string of the molecule is CC1=C(C(=O)OCc2ccccc2)[C@H](c2cccs2)NC(=S)N1. The fourth-order valence-corrected chi connectivity index (χ4v) is 3.49. The molecule has 3 rings (SSSR count). The zero-order chi connectivity index (χ0) is 16.2. The highest BCUT2D eigenvalue weighted by Crippen LogP contribution is 2.30. The van der Waals surface area contributed by atoms with E-state index < -0.39 is 0 Å². The molecule has 0 saturated carbocycles. The summed E-state index contributed by atoms with van der Waals surface area (Å²) in [4.78, 5) is 13.6. The highest BCUT2D eigenvalue weighted by Gasteiger charge is 2.31. The Bertz CT molecular complexity index is 739. The molecule has 0 saturated heterocycles. The van der Waals surface area contributed by atoms with Gasteiger partial charge in [0, 0.05) is 10.6 Å². The molecule has 0 fully saturated rings. The van der Waals surface area contributed by atoms with Crippen LogP contribution in [0.25, 0.3) is 0 Å². The van der Waals surface area contributed by atoms with Crippen molar-refractivity contribution in [3.05, 3.63) is 69.6 Å². The number of esters is 1. The molecule has 0 aliphatic carbocycles. The summed E-state index contributed by atoms with van der Waals surface area (Å²) >= 11 is 6.79. The third-order valence-corrected chi connectivity index (χ3v) is 4.69. The maximum atomic E-state index is 12.6. The van der Waals surface area contributed by atoms with Crippen LogP contribution >= 0.6 is 23.6 Å². The molecule has 23 heavy (non-hydrogen) atoms. The Kier molecular flexibility index (Phi) is 4.73. The quantitative estimate of drug-likeness (QED) is 0.658. The van der Waals surface area contributed by atoms with Gasteiger partial charge in [0.05, 0.1) is 11.6 Å². The van der Waals surface area contributed by atoms with Crippen LogP contribution in [0.2, 0.25) is 0 Å². The Hall–Kier alpha value is -2.18. The lowest BCUT2D eigenvalue weighted by atomic mass is 10.0. The molecule has 1 aliphatic heterocycles. The first kappa shape index (κ1) is 15.7. The molecule has 2 heterocycles. The molecule has 0 spiro atoms. The number of hydrogen-bond acceptors (Lipinski definition) is 4. The molecule has 118 valence electrons. The number of ether oxygens (including phenoxy) is 1. The van der Waals surface area contributed by atoms with Gasteiger partial charge in [-0.3, -0.25) is 0 Å². The van der Waals surface area contributed by atoms with E-state index in [1.54, 1.807) is 11.3 Å². The Labute approximate surface area is 144 Å². The van der Waals surface area contributed by atoms with Gasteiger partial charge in [-0.1, -0.05) is 36.4 Å². The van der Waals surface area contributed by atoms with Gasteiger partial charge >= 0.3 is 5.97 Å². The minimum atomic E-state index is -0.341. The van der Waals surface area contributed by atoms with Crippen molar-refractivity contribution in [2.45, 2.75) is 19.6 Å². The van der Waals surface area contributed by atoms with E-state index in [0.29, 0.717) is 10.7 Å². The van der Waals surface area contributed by atoms with Crippen LogP contribution in [0.4, 0.5) is 0 Å². The topological polar surface area (TPSA) is 50.4 Å². The summed E-state index contributed by atoms with van der Waals surface area (Å²) in [5, 5.41) is 8.65. The Morgan fingerprint density at radius 3 is 2.74 bits per heavy atom. The Morgan fingerprint density at radius 2 is 2.04 bits per heavy atom. The zero-order valence-corrected chi connectivity index (χ0v) is 14.2. The van der Waals surface area contributed by atoms with Crippen molar-refractivity contribution in [1.82, 2.24) is 10.6 Å². The van der Waals surface area contributed by atoms with E-state index in [1.807, 2.05) is 54.8 Å². The first-order chi connectivity index (χ1) is 11.1. The number of benzene rings is 1. The summed E-state index contributed by atoms with van der Waals surface area (Å²) < 4.78 is 5.49. The van der Waals surface area contributed by atoms with Gasteiger partial charge in [-0.25, -0.2) is 4.79 Å². The Balaban J connectivity index is 1.81. The summed E-state index contributed by atoms with van der Waals surface area (Å²) in [6.07, 6.45) is 0. The van der Waals surface area contributed by atoms with E-state index in [1.165, 1.54) is 0 Å². The third-order valence-electron chi connectivity index (χ3n) is 3.53. The summed E-state index contributed by atoms with van der Waals surface area (Å²) in [6.45, 7) is 2.09. The van der Waals surface area contributed by atoms with Crippen LogP contribution in [-0.2, 0) is 16.1 Å². The normalized spacial score (nSPS) is 17.4. The van der Waals surface area contributed by atoms with Gasteiger partial charge in [0.25, 0.3) is 0 Å². The summed E-state index contributed by atoms with van der Waals surface area (Å²) in [5.41, 5.74) is 2.25. The number of carbonyl (C=O) groups excluding carboxylic acids is 1. The van der Waals surface area contributed by atoms with Crippen LogP contribution in [-0.4, -0.2) is 11.1 Å². The maximum Gasteiger partial charge on any atom is 0.338 e. The predicted octanol–water partition coefficient (Wildman–Crippen LogP) is 3.28. The highest BCUT2D eigenvalue weighted by molar-refractivity contribution is 7.80. The molecule has 1 atom stereocenters. The summed E-state index contributed by atoms with van der Waals surface area (Å²) in [5.74, 6) is -0.341. The first-order valence-corrected chi connectivity index (χ1v) is 8.46. The second-order valence-corrected chi connectivity index (χ2v) is 6.53. The molecular weight excluding hydrogens is 328 g/mol. The number of allylic oxidation sites excluding steroid dienone is 1. The zero-order valence-electron chi connectivity index (χ0n) is 12.5. The molecule has 1 aromatic carbocycles. The van der Waals surface area contributed by atoms with Crippen LogP contribution in [0.3, 0.4) is 0 Å². The molecule has 2 aromatic rings. The molecular formula is C17H16N2O2S2. The lowest BCUT2D eigenvalue weighted by Crippen LogP contribution is -2.44. The van der Waals surface area contributed by atoms with Crippen LogP contribution in [0.5, 0.6) is 0 Å². The smallest absolute Gasteiger partial charge is 0.338 e. The van der Waals surface area contributed by atoms with E-state index in [9.17, 15) is 4.79 Å². The molecule has 1 aliphatic rings. The van der Waals surface area contributed by atoms with Gasteiger partial charge in [-0.15, -0.1) is 11.3 Å². The largest absolute Gasteiger partial charge is 0.457 e. The van der Waals surface area contributed by atoms with E-state index in [2.05, 4.69) is 10.6 Å². The van der Waals surface area contributed by atoms with E-state index in [0.717, 1.165) is 16.1 Å². The number of rotatable bonds is 4. The van der Waals surface area contributed by atoms with Gasteiger partial charge in [0.15, 0.2) is 5.11 Å². The fourth-order valence-electron chi connectivity index (χ4n) is 2.43. The Morgan fingerprint density at radius 1 is 1.26 bits per heavy atom. The van der Waals surface area contributed by atoms with Crippen molar-refractivity contribution < 1.29 is 9.53 Å². The van der Waals surface area contributed by atoms with Crippen LogP contribution in [0, 0.1) is 0 Å². The average Bonchev–Trinajstić information content (AvgIpc) is 3.07. The van der Waals surface area contributed by atoms with Crippen molar-refractivity contribution in [3.8, 4) is 0 Å². The number of hydrogen-bond donors (Lipinski definition) is 2. The fraction of sp³-hybridized carbons (Fsp3) is 0.176. The molecule has 2 N–H and O–H groups in total. The maximum absolute atomic E-state index is 12.6. The molecule has 6 heteroatoms.